The highest BCUT2D eigenvalue weighted by Crippen LogP contribution is 2.30. The summed E-state index contributed by atoms with van der Waals surface area (Å²) >= 11 is 0. The van der Waals surface area contributed by atoms with Crippen molar-refractivity contribution in [2.75, 3.05) is 5.73 Å². The van der Waals surface area contributed by atoms with Crippen LogP contribution in [-0.4, -0.2) is 0 Å². The molecule has 0 spiro atoms. The van der Waals surface area contributed by atoms with Gasteiger partial charge in [-0.05, 0) is 35.1 Å². The molecule has 1 aromatic rings. The van der Waals surface area contributed by atoms with Gasteiger partial charge in [0.2, 0.25) is 0 Å². The molecule has 1 rings (SSSR count). The monoisotopic (exact) mass is 202 g/mol. The Morgan fingerprint density at radius 2 is 1.93 bits per heavy atom. The van der Waals surface area contributed by atoms with Gasteiger partial charge in [-0.2, -0.15) is 5.26 Å². The largest absolute Gasteiger partial charge is 0.398 e. The lowest BCUT2D eigenvalue weighted by Gasteiger charge is -2.22. The first-order chi connectivity index (χ1) is 6.86. The molecule has 0 heterocycles. The van der Waals surface area contributed by atoms with Gasteiger partial charge in [-0.25, -0.2) is 0 Å². The lowest BCUT2D eigenvalue weighted by molar-refractivity contribution is 0.591. The van der Waals surface area contributed by atoms with Gasteiger partial charge in [0, 0.05) is 5.69 Å². The SMILES string of the molecule is Cc1cc(N)c(C(C)(C)C)cc1CC#N. The van der Waals surface area contributed by atoms with Crippen molar-refractivity contribution >= 4 is 5.69 Å². The summed E-state index contributed by atoms with van der Waals surface area (Å²) in [4.78, 5) is 0. The molecule has 0 aromatic heterocycles. The molecule has 15 heavy (non-hydrogen) atoms. The van der Waals surface area contributed by atoms with Gasteiger partial charge in [0.05, 0.1) is 12.5 Å². The van der Waals surface area contributed by atoms with E-state index in [-0.39, 0.29) is 5.41 Å². The van der Waals surface area contributed by atoms with Gasteiger partial charge >= 0.3 is 0 Å². The van der Waals surface area contributed by atoms with Crippen LogP contribution in [-0.2, 0) is 11.8 Å². The third kappa shape index (κ3) is 2.50. The molecular formula is C13H18N2. The summed E-state index contributed by atoms with van der Waals surface area (Å²) in [6.07, 6.45) is 0.454. The summed E-state index contributed by atoms with van der Waals surface area (Å²) in [5.74, 6) is 0. The number of hydrogen-bond acceptors (Lipinski definition) is 2. The Labute approximate surface area is 91.7 Å². The third-order valence-corrected chi connectivity index (χ3v) is 2.59. The van der Waals surface area contributed by atoms with E-state index in [1.165, 1.54) is 0 Å². The lowest BCUT2D eigenvalue weighted by Crippen LogP contribution is -2.15. The average Bonchev–Trinajstić information content (AvgIpc) is 2.07. The van der Waals surface area contributed by atoms with E-state index in [1.807, 2.05) is 13.0 Å². The number of nitrogens with two attached hydrogens (primary N) is 1. The number of nitrogen functional groups attached to an aromatic ring is 1. The Hall–Kier alpha value is -1.49. The molecule has 0 amide bonds. The molecular weight excluding hydrogens is 184 g/mol. The Balaban J connectivity index is 3.31. The zero-order valence-corrected chi connectivity index (χ0v) is 9.89. The maximum atomic E-state index is 8.73. The molecule has 0 aliphatic rings. The van der Waals surface area contributed by atoms with Gasteiger partial charge in [-0.1, -0.05) is 26.8 Å². The van der Waals surface area contributed by atoms with E-state index < -0.39 is 0 Å². The van der Waals surface area contributed by atoms with E-state index in [0.29, 0.717) is 6.42 Å². The van der Waals surface area contributed by atoms with E-state index in [9.17, 15) is 0 Å². The summed E-state index contributed by atoms with van der Waals surface area (Å²) in [5, 5.41) is 8.73. The Morgan fingerprint density at radius 3 is 2.40 bits per heavy atom. The minimum atomic E-state index is 0.0298. The van der Waals surface area contributed by atoms with Crippen molar-refractivity contribution in [1.82, 2.24) is 0 Å². The number of rotatable bonds is 1. The fourth-order valence-electron chi connectivity index (χ4n) is 1.70. The van der Waals surface area contributed by atoms with Crippen LogP contribution in [0, 0.1) is 18.3 Å². The molecule has 0 fully saturated rings. The smallest absolute Gasteiger partial charge is 0.0669 e. The van der Waals surface area contributed by atoms with Crippen LogP contribution in [0.25, 0.3) is 0 Å². The highest BCUT2D eigenvalue weighted by Gasteiger charge is 2.18. The van der Waals surface area contributed by atoms with Gasteiger partial charge in [0.15, 0.2) is 0 Å². The van der Waals surface area contributed by atoms with Crippen LogP contribution in [0.1, 0.15) is 37.5 Å². The molecule has 2 N–H and O–H groups in total. The van der Waals surface area contributed by atoms with E-state index in [1.54, 1.807) is 0 Å². The van der Waals surface area contributed by atoms with Crippen molar-refractivity contribution in [3.05, 3.63) is 28.8 Å². The lowest BCUT2D eigenvalue weighted by atomic mass is 9.83. The molecule has 0 unspecified atom stereocenters. The van der Waals surface area contributed by atoms with Crippen molar-refractivity contribution in [2.45, 2.75) is 39.5 Å². The fourth-order valence-corrected chi connectivity index (χ4v) is 1.70. The van der Waals surface area contributed by atoms with E-state index in [0.717, 1.165) is 22.4 Å². The first kappa shape index (κ1) is 11.6. The molecule has 0 aliphatic carbocycles. The van der Waals surface area contributed by atoms with Gasteiger partial charge in [-0.15, -0.1) is 0 Å². The first-order valence-corrected chi connectivity index (χ1v) is 5.12. The van der Waals surface area contributed by atoms with Crippen LogP contribution in [0.5, 0.6) is 0 Å². The maximum absolute atomic E-state index is 8.73. The van der Waals surface area contributed by atoms with Gasteiger partial charge in [-0.3, -0.25) is 0 Å². The fraction of sp³-hybridized carbons (Fsp3) is 0.462. The summed E-state index contributed by atoms with van der Waals surface area (Å²) in [6, 6.07) is 6.21. The van der Waals surface area contributed by atoms with Crippen LogP contribution >= 0.6 is 0 Å². The molecule has 0 saturated carbocycles. The Bertz CT molecular complexity index is 406. The maximum Gasteiger partial charge on any atom is 0.0669 e. The van der Waals surface area contributed by atoms with Crippen molar-refractivity contribution in [3.8, 4) is 6.07 Å². The molecule has 0 saturated heterocycles. The summed E-state index contributed by atoms with van der Waals surface area (Å²) in [6.45, 7) is 8.38. The topological polar surface area (TPSA) is 49.8 Å². The first-order valence-electron chi connectivity index (χ1n) is 5.12. The van der Waals surface area contributed by atoms with Crippen molar-refractivity contribution in [2.24, 2.45) is 0 Å². The van der Waals surface area contributed by atoms with Crippen LogP contribution in [0.3, 0.4) is 0 Å². The second kappa shape index (κ2) is 3.94. The number of anilines is 1. The van der Waals surface area contributed by atoms with Gasteiger partial charge in [0.25, 0.3) is 0 Å². The Kier molecular flexibility index (Phi) is 3.04. The number of aryl methyl sites for hydroxylation is 1. The predicted octanol–water partition coefficient (Wildman–Crippen LogP) is 2.94. The van der Waals surface area contributed by atoms with Crippen LogP contribution in [0.2, 0.25) is 0 Å². The van der Waals surface area contributed by atoms with E-state index in [2.05, 4.69) is 32.9 Å². The third-order valence-electron chi connectivity index (χ3n) is 2.59. The number of hydrogen-bond donors (Lipinski definition) is 1. The minimum absolute atomic E-state index is 0.0298. The summed E-state index contributed by atoms with van der Waals surface area (Å²) in [5.41, 5.74) is 10.1. The highest BCUT2D eigenvalue weighted by molar-refractivity contribution is 5.55. The normalized spacial score (nSPS) is 11.1. The van der Waals surface area contributed by atoms with Crippen molar-refractivity contribution in [1.29, 1.82) is 5.26 Å². The summed E-state index contributed by atoms with van der Waals surface area (Å²) < 4.78 is 0. The zero-order valence-electron chi connectivity index (χ0n) is 9.89. The summed E-state index contributed by atoms with van der Waals surface area (Å²) in [7, 11) is 0. The molecule has 80 valence electrons. The zero-order chi connectivity index (χ0) is 11.6. The molecule has 2 nitrogen and oxygen atoms in total. The quantitative estimate of drug-likeness (QED) is 0.712. The van der Waals surface area contributed by atoms with Gasteiger partial charge < -0.3 is 5.73 Å². The van der Waals surface area contributed by atoms with Crippen molar-refractivity contribution < 1.29 is 0 Å². The average molecular weight is 202 g/mol. The Morgan fingerprint density at radius 1 is 1.33 bits per heavy atom. The molecule has 0 atom stereocenters. The molecule has 0 radical (unpaired) electrons. The molecule has 0 bridgehead atoms. The van der Waals surface area contributed by atoms with Crippen LogP contribution in [0.15, 0.2) is 12.1 Å². The number of nitrogens with zero attached hydrogens (tertiary/aromatic N) is 1. The predicted molar refractivity (Wildman–Crippen MR) is 63.6 cm³/mol. The standard InChI is InChI=1S/C13H18N2/c1-9-7-12(15)11(13(2,3)4)8-10(9)5-6-14/h7-8H,5,15H2,1-4H3. The van der Waals surface area contributed by atoms with Crippen LogP contribution in [0.4, 0.5) is 5.69 Å². The second-order valence-corrected chi connectivity index (χ2v) is 4.95. The van der Waals surface area contributed by atoms with Gasteiger partial charge in [0.1, 0.15) is 0 Å². The number of benzene rings is 1. The van der Waals surface area contributed by atoms with E-state index in [4.69, 9.17) is 11.0 Å². The molecule has 0 aliphatic heterocycles. The van der Waals surface area contributed by atoms with Crippen LogP contribution < -0.4 is 5.73 Å². The number of nitriles is 1. The molecule has 2 heteroatoms. The second-order valence-electron chi connectivity index (χ2n) is 4.95. The van der Waals surface area contributed by atoms with E-state index >= 15 is 0 Å². The highest BCUT2D eigenvalue weighted by atomic mass is 14.6. The van der Waals surface area contributed by atoms with Crippen molar-refractivity contribution in [3.63, 3.8) is 0 Å². The molecule has 1 aromatic carbocycles. The minimum Gasteiger partial charge on any atom is -0.398 e.